The Kier molecular flexibility index (Phi) is 6.93. The van der Waals surface area contributed by atoms with Crippen LogP contribution >= 0.6 is 0 Å². The lowest BCUT2D eigenvalue weighted by Gasteiger charge is -2.39. The first kappa shape index (κ1) is 24.0. The zero-order valence-corrected chi connectivity index (χ0v) is 21.2. The third kappa shape index (κ3) is 4.74. The van der Waals surface area contributed by atoms with Crippen molar-refractivity contribution in [1.29, 1.82) is 0 Å². The summed E-state index contributed by atoms with van der Waals surface area (Å²) in [6, 6.07) is 6.77. The second kappa shape index (κ2) is 10.1. The zero-order valence-electron chi connectivity index (χ0n) is 21.2. The number of unbranched alkanes of at least 4 members (excludes halogenated alkanes) is 1. The summed E-state index contributed by atoms with van der Waals surface area (Å²) in [5.74, 6) is 0.567. The highest BCUT2D eigenvalue weighted by Gasteiger charge is 2.26. The molecule has 0 amide bonds. The van der Waals surface area contributed by atoms with Crippen LogP contribution in [0.4, 0.5) is 11.6 Å². The number of pyridine rings is 1. The van der Waals surface area contributed by atoms with Gasteiger partial charge in [-0.3, -0.25) is 9.36 Å². The highest BCUT2D eigenvalue weighted by molar-refractivity contribution is 6.05. The van der Waals surface area contributed by atoms with Gasteiger partial charge in [-0.2, -0.15) is 4.98 Å². The summed E-state index contributed by atoms with van der Waals surface area (Å²) in [5.41, 5.74) is 1.80. The van der Waals surface area contributed by atoms with Crippen molar-refractivity contribution in [1.82, 2.24) is 19.4 Å². The maximum Gasteiger partial charge on any atom is 0.260 e. The van der Waals surface area contributed by atoms with E-state index in [4.69, 9.17) is 4.98 Å². The minimum Gasteiger partial charge on any atom is -0.393 e. The molecule has 188 valence electrons. The van der Waals surface area contributed by atoms with Gasteiger partial charge in [0.2, 0.25) is 5.95 Å². The van der Waals surface area contributed by atoms with Crippen molar-refractivity contribution in [3.63, 3.8) is 0 Å². The van der Waals surface area contributed by atoms with Gasteiger partial charge < -0.3 is 20.2 Å². The number of aliphatic hydroxyl groups excluding tert-OH is 1. The standard InChI is InChI=1S/C27H38N6O2/c1-4-5-12-28-27-29-16-24-22-11-8-20(32-14-13-31(3)18(2)17-32)15-23(22)26(35)33(25(24)30-27)19-6-9-21(34)10-7-19/h8,11,15-16,18-19,21,34H,4-7,9-10,12-14,17H2,1-3H3,(H,28,29,30). The second-order valence-corrected chi connectivity index (χ2v) is 10.4. The van der Waals surface area contributed by atoms with E-state index in [9.17, 15) is 9.90 Å². The fraction of sp³-hybridized carbons (Fsp3) is 0.593. The summed E-state index contributed by atoms with van der Waals surface area (Å²) < 4.78 is 1.90. The molecule has 0 bridgehead atoms. The van der Waals surface area contributed by atoms with Gasteiger partial charge in [-0.25, -0.2) is 4.98 Å². The van der Waals surface area contributed by atoms with Crippen molar-refractivity contribution < 1.29 is 5.11 Å². The number of piperazine rings is 1. The third-order valence-electron chi connectivity index (χ3n) is 7.91. The van der Waals surface area contributed by atoms with Gasteiger partial charge in [-0.15, -0.1) is 0 Å². The largest absolute Gasteiger partial charge is 0.393 e. The van der Waals surface area contributed by atoms with Gasteiger partial charge >= 0.3 is 0 Å². The summed E-state index contributed by atoms with van der Waals surface area (Å²) >= 11 is 0. The van der Waals surface area contributed by atoms with Crippen molar-refractivity contribution in [2.45, 2.75) is 70.6 Å². The van der Waals surface area contributed by atoms with Crippen LogP contribution in [0.15, 0.2) is 29.2 Å². The number of fused-ring (bicyclic) bond motifs is 3. The molecule has 8 nitrogen and oxygen atoms in total. The van der Waals surface area contributed by atoms with Crippen molar-refractivity contribution in [2.75, 3.05) is 43.4 Å². The first-order chi connectivity index (χ1) is 17.0. The Morgan fingerprint density at radius 1 is 1.11 bits per heavy atom. The molecule has 1 aliphatic heterocycles. The van der Waals surface area contributed by atoms with Crippen LogP contribution in [0.1, 0.15) is 58.4 Å². The number of aliphatic hydroxyl groups is 1. The Hall–Kier alpha value is -2.71. The van der Waals surface area contributed by atoms with E-state index >= 15 is 0 Å². The second-order valence-electron chi connectivity index (χ2n) is 10.4. The fourth-order valence-electron chi connectivity index (χ4n) is 5.51. The monoisotopic (exact) mass is 478 g/mol. The van der Waals surface area contributed by atoms with E-state index in [-0.39, 0.29) is 17.7 Å². The van der Waals surface area contributed by atoms with Crippen molar-refractivity contribution >= 4 is 33.4 Å². The fourth-order valence-corrected chi connectivity index (χ4v) is 5.51. The maximum atomic E-state index is 14.0. The first-order valence-electron chi connectivity index (χ1n) is 13.2. The van der Waals surface area contributed by atoms with Crippen LogP contribution in [-0.2, 0) is 0 Å². The molecule has 1 aliphatic carbocycles. The van der Waals surface area contributed by atoms with Gasteiger partial charge in [0.05, 0.1) is 11.5 Å². The molecule has 2 N–H and O–H groups in total. The summed E-state index contributed by atoms with van der Waals surface area (Å²) in [7, 11) is 2.17. The highest BCUT2D eigenvalue weighted by Crippen LogP contribution is 2.33. The summed E-state index contributed by atoms with van der Waals surface area (Å²) in [4.78, 5) is 28.2. The number of benzene rings is 1. The molecule has 5 rings (SSSR count). The van der Waals surface area contributed by atoms with E-state index in [0.29, 0.717) is 30.5 Å². The predicted molar refractivity (Wildman–Crippen MR) is 143 cm³/mol. The normalized spacial score (nSPS) is 23.8. The Bertz CT molecular complexity index is 1250. The van der Waals surface area contributed by atoms with Gasteiger partial charge in [-0.1, -0.05) is 19.4 Å². The summed E-state index contributed by atoms with van der Waals surface area (Å²) in [6.45, 7) is 8.11. The van der Waals surface area contributed by atoms with Crippen LogP contribution < -0.4 is 15.8 Å². The molecule has 0 spiro atoms. The molecule has 35 heavy (non-hydrogen) atoms. The molecule has 1 aromatic carbocycles. The molecular formula is C27H38N6O2. The first-order valence-corrected chi connectivity index (χ1v) is 13.2. The lowest BCUT2D eigenvalue weighted by Crippen LogP contribution is -2.50. The van der Waals surface area contributed by atoms with E-state index in [1.165, 1.54) is 0 Å². The van der Waals surface area contributed by atoms with E-state index in [1.54, 1.807) is 0 Å². The molecule has 2 aromatic heterocycles. The molecule has 8 heteroatoms. The number of nitrogens with zero attached hydrogens (tertiary/aromatic N) is 5. The molecule has 3 aromatic rings. The Morgan fingerprint density at radius 3 is 2.66 bits per heavy atom. The Balaban J connectivity index is 1.63. The lowest BCUT2D eigenvalue weighted by molar-refractivity contribution is 0.111. The molecule has 1 saturated heterocycles. The molecule has 2 aliphatic rings. The van der Waals surface area contributed by atoms with E-state index in [0.717, 1.165) is 73.7 Å². The average Bonchev–Trinajstić information content (AvgIpc) is 2.87. The molecule has 1 atom stereocenters. The van der Waals surface area contributed by atoms with Gasteiger partial charge in [0.15, 0.2) is 0 Å². The molecule has 2 fully saturated rings. The molecule has 1 saturated carbocycles. The number of rotatable bonds is 6. The quantitative estimate of drug-likeness (QED) is 0.412. The Morgan fingerprint density at radius 2 is 1.91 bits per heavy atom. The third-order valence-corrected chi connectivity index (χ3v) is 7.91. The predicted octanol–water partition coefficient (Wildman–Crippen LogP) is 3.77. The smallest absolute Gasteiger partial charge is 0.260 e. The van der Waals surface area contributed by atoms with Crippen LogP contribution in [0.25, 0.3) is 21.8 Å². The lowest BCUT2D eigenvalue weighted by atomic mass is 9.92. The van der Waals surface area contributed by atoms with Crippen LogP contribution in [0.3, 0.4) is 0 Å². The highest BCUT2D eigenvalue weighted by atomic mass is 16.3. The van der Waals surface area contributed by atoms with Gasteiger partial charge in [-0.05, 0) is 63.6 Å². The minimum atomic E-state index is -0.277. The van der Waals surface area contributed by atoms with Crippen LogP contribution in [-0.4, -0.2) is 69.9 Å². The van der Waals surface area contributed by atoms with Gasteiger partial charge in [0.25, 0.3) is 5.56 Å². The summed E-state index contributed by atoms with van der Waals surface area (Å²) in [5, 5.41) is 15.9. The van der Waals surface area contributed by atoms with Crippen molar-refractivity contribution in [3.8, 4) is 0 Å². The number of hydrogen-bond acceptors (Lipinski definition) is 7. The van der Waals surface area contributed by atoms with Gasteiger partial charge in [0.1, 0.15) is 5.65 Å². The number of hydrogen-bond donors (Lipinski definition) is 2. The number of nitrogens with one attached hydrogen (secondary N) is 1. The number of anilines is 2. The molecule has 1 unspecified atom stereocenters. The summed E-state index contributed by atoms with van der Waals surface area (Å²) in [6.07, 6.45) is 6.70. The van der Waals surface area contributed by atoms with E-state index in [2.05, 4.69) is 59.2 Å². The van der Waals surface area contributed by atoms with Crippen LogP contribution in [0.5, 0.6) is 0 Å². The van der Waals surface area contributed by atoms with Gasteiger partial charge in [0, 0.05) is 55.5 Å². The van der Waals surface area contributed by atoms with E-state index in [1.807, 2.05) is 10.8 Å². The Labute approximate surface area is 207 Å². The van der Waals surface area contributed by atoms with Crippen molar-refractivity contribution in [2.24, 2.45) is 0 Å². The van der Waals surface area contributed by atoms with E-state index < -0.39 is 0 Å². The topological polar surface area (TPSA) is 86.5 Å². The zero-order chi connectivity index (χ0) is 24.5. The molecule has 0 radical (unpaired) electrons. The molecule has 3 heterocycles. The molecular weight excluding hydrogens is 440 g/mol. The number of likely N-dealkylation sites (N-methyl/N-ethyl adjacent to an activating group) is 1. The SMILES string of the molecule is CCCCNc1ncc2c3ccc(N4CCN(C)C(C)C4)cc3c(=O)n(C3CCC(O)CC3)c2n1. The van der Waals surface area contributed by atoms with Crippen LogP contribution in [0, 0.1) is 0 Å². The van der Waals surface area contributed by atoms with Crippen molar-refractivity contribution in [3.05, 3.63) is 34.7 Å². The minimum absolute atomic E-state index is 0.0103. The van der Waals surface area contributed by atoms with Crippen LogP contribution in [0.2, 0.25) is 0 Å². The average molecular weight is 479 g/mol. The maximum absolute atomic E-state index is 14.0. The number of aromatic nitrogens is 3.